The molecule has 0 aliphatic carbocycles. The zero-order valence-electron chi connectivity index (χ0n) is 10.0. The lowest BCUT2D eigenvalue weighted by atomic mass is 10.2. The maximum Gasteiger partial charge on any atom is 0.129 e. The molecule has 0 amide bonds. The first-order valence-corrected chi connectivity index (χ1v) is 5.95. The molecule has 0 saturated heterocycles. The van der Waals surface area contributed by atoms with E-state index in [1.165, 1.54) is 0 Å². The molecule has 1 N–H and O–H groups in total. The van der Waals surface area contributed by atoms with E-state index in [4.69, 9.17) is 11.6 Å². The smallest absolute Gasteiger partial charge is 0.129 e. The summed E-state index contributed by atoms with van der Waals surface area (Å²) in [6.07, 6.45) is 3.31. The normalized spacial score (nSPS) is 10.4. The summed E-state index contributed by atoms with van der Waals surface area (Å²) in [6.45, 7) is 0.562. The molecule has 0 saturated carbocycles. The zero-order chi connectivity index (χ0) is 13.0. The highest BCUT2D eigenvalue weighted by Crippen LogP contribution is 2.20. The van der Waals surface area contributed by atoms with Crippen LogP contribution in [0.4, 0.5) is 5.82 Å². The van der Waals surface area contributed by atoms with Crippen molar-refractivity contribution >= 4 is 17.4 Å². The number of pyridine rings is 2. The second-order valence-corrected chi connectivity index (χ2v) is 4.38. The summed E-state index contributed by atoms with van der Waals surface area (Å²) in [6, 6.07) is 7.57. The van der Waals surface area contributed by atoms with Gasteiger partial charge in [-0.3, -0.25) is 4.98 Å². The van der Waals surface area contributed by atoms with Crippen LogP contribution in [0.1, 0.15) is 11.3 Å². The van der Waals surface area contributed by atoms with Crippen LogP contribution in [0.3, 0.4) is 0 Å². The third kappa shape index (κ3) is 2.97. The quantitative estimate of drug-likeness (QED) is 0.919. The summed E-state index contributed by atoms with van der Waals surface area (Å²) >= 11 is 5.91. The fraction of sp³-hybridized carbons (Fsp3) is 0.231. The van der Waals surface area contributed by atoms with Gasteiger partial charge in [-0.25, -0.2) is 4.98 Å². The summed E-state index contributed by atoms with van der Waals surface area (Å²) in [4.78, 5) is 10.5. The molecular weight excluding hydrogens is 250 g/mol. The van der Waals surface area contributed by atoms with Crippen molar-refractivity contribution < 1.29 is 5.11 Å². The van der Waals surface area contributed by atoms with E-state index in [1.807, 2.05) is 30.1 Å². The fourth-order valence-corrected chi connectivity index (χ4v) is 1.78. The van der Waals surface area contributed by atoms with Gasteiger partial charge in [0.05, 0.1) is 23.9 Å². The number of anilines is 1. The van der Waals surface area contributed by atoms with Crippen molar-refractivity contribution in [1.82, 2.24) is 9.97 Å². The second kappa shape index (κ2) is 5.80. The molecule has 0 spiro atoms. The first-order chi connectivity index (χ1) is 8.70. The van der Waals surface area contributed by atoms with Crippen molar-refractivity contribution in [2.24, 2.45) is 0 Å². The summed E-state index contributed by atoms with van der Waals surface area (Å²) in [5.41, 5.74) is 1.64. The van der Waals surface area contributed by atoms with Crippen LogP contribution < -0.4 is 4.90 Å². The lowest BCUT2D eigenvalue weighted by Gasteiger charge is -2.18. The Labute approximate surface area is 111 Å². The van der Waals surface area contributed by atoms with Gasteiger partial charge in [-0.15, -0.1) is 0 Å². The summed E-state index contributed by atoms with van der Waals surface area (Å²) in [5, 5.41) is 9.65. The van der Waals surface area contributed by atoms with Crippen LogP contribution >= 0.6 is 11.6 Å². The minimum Gasteiger partial charge on any atom is -0.392 e. The van der Waals surface area contributed by atoms with Gasteiger partial charge in [-0.1, -0.05) is 17.7 Å². The van der Waals surface area contributed by atoms with Gasteiger partial charge in [0.2, 0.25) is 0 Å². The number of aromatic nitrogens is 2. The number of nitrogens with zero attached hydrogens (tertiary/aromatic N) is 3. The average molecular weight is 264 g/mol. The molecule has 2 aromatic rings. The largest absolute Gasteiger partial charge is 0.392 e. The van der Waals surface area contributed by atoms with E-state index in [-0.39, 0.29) is 6.61 Å². The maximum atomic E-state index is 9.17. The molecule has 0 aliphatic heterocycles. The van der Waals surface area contributed by atoms with Crippen LogP contribution in [0.5, 0.6) is 0 Å². The number of hydrogen-bond acceptors (Lipinski definition) is 4. The van der Waals surface area contributed by atoms with Crippen LogP contribution in [0.2, 0.25) is 5.02 Å². The number of rotatable bonds is 4. The van der Waals surface area contributed by atoms with Crippen LogP contribution in [0, 0.1) is 0 Å². The Bertz CT molecular complexity index is 519. The van der Waals surface area contributed by atoms with Crippen LogP contribution in [-0.2, 0) is 13.2 Å². The highest BCUT2D eigenvalue weighted by Gasteiger charge is 2.07. The number of hydrogen-bond donors (Lipinski definition) is 1. The van der Waals surface area contributed by atoms with Crippen molar-refractivity contribution in [3.05, 3.63) is 52.9 Å². The molecule has 0 unspecified atom stereocenters. The highest BCUT2D eigenvalue weighted by molar-refractivity contribution is 6.31. The SMILES string of the molecule is CN(Cc1ccccn1)c1cc(CO)c(Cl)cn1. The molecule has 0 bridgehead atoms. The van der Waals surface area contributed by atoms with Crippen LogP contribution in [0.15, 0.2) is 36.7 Å². The Hall–Kier alpha value is -1.65. The van der Waals surface area contributed by atoms with Gasteiger partial charge in [0.25, 0.3) is 0 Å². The lowest BCUT2D eigenvalue weighted by molar-refractivity contribution is 0.282. The van der Waals surface area contributed by atoms with Gasteiger partial charge in [0.15, 0.2) is 0 Å². The van der Waals surface area contributed by atoms with Gasteiger partial charge >= 0.3 is 0 Å². The number of halogens is 1. The van der Waals surface area contributed by atoms with Crippen LogP contribution in [0.25, 0.3) is 0 Å². The Kier molecular flexibility index (Phi) is 4.12. The minimum atomic E-state index is -0.0915. The predicted octanol–water partition coefficient (Wildman–Crippen LogP) is 2.26. The summed E-state index contributed by atoms with van der Waals surface area (Å²) in [5.74, 6) is 0.758. The van der Waals surface area contributed by atoms with Gasteiger partial charge in [0, 0.05) is 25.0 Å². The molecule has 94 valence electrons. The first-order valence-electron chi connectivity index (χ1n) is 5.57. The Morgan fingerprint density at radius 3 is 2.83 bits per heavy atom. The van der Waals surface area contributed by atoms with E-state index >= 15 is 0 Å². The van der Waals surface area contributed by atoms with E-state index in [0.717, 1.165) is 11.5 Å². The Morgan fingerprint density at radius 2 is 2.17 bits per heavy atom. The van der Waals surface area contributed by atoms with E-state index in [9.17, 15) is 5.11 Å². The topological polar surface area (TPSA) is 49.2 Å². The van der Waals surface area contributed by atoms with Crippen molar-refractivity contribution in [2.45, 2.75) is 13.2 Å². The van der Waals surface area contributed by atoms with E-state index in [2.05, 4.69) is 9.97 Å². The molecular formula is C13H14ClN3O. The van der Waals surface area contributed by atoms with Gasteiger partial charge < -0.3 is 10.0 Å². The summed E-state index contributed by atoms with van der Waals surface area (Å²) < 4.78 is 0. The summed E-state index contributed by atoms with van der Waals surface area (Å²) in [7, 11) is 1.92. The van der Waals surface area contributed by atoms with E-state index in [0.29, 0.717) is 17.1 Å². The standard InChI is InChI=1S/C13H14ClN3O/c1-17(8-11-4-2-3-5-15-11)13-6-10(9-18)12(14)7-16-13/h2-7,18H,8-9H2,1H3. The third-order valence-electron chi connectivity index (χ3n) is 2.61. The van der Waals surface area contributed by atoms with Gasteiger partial charge in [0.1, 0.15) is 5.82 Å². The molecule has 0 aromatic carbocycles. The third-order valence-corrected chi connectivity index (χ3v) is 2.95. The first kappa shape index (κ1) is 12.8. The van der Waals surface area contributed by atoms with Crippen molar-refractivity contribution in [3.63, 3.8) is 0 Å². The minimum absolute atomic E-state index is 0.0915. The molecule has 2 heterocycles. The Morgan fingerprint density at radius 1 is 1.33 bits per heavy atom. The molecule has 5 heteroatoms. The number of aliphatic hydroxyl groups excluding tert-OH is 1. The molecule has 0 aliphatic rings. The zero-order valence-corrected chi connectivity index (χ0v) is 10.8. The fourth-order valence-electron chi connectivity index (χ4n) is 1.61. The van der Waals surface area contributed by atoms with E-state index in [1.54, 1.807) is 18.5 Å². The lowest BCUT2D eigenvalue weighted by Crippen LogP contribution is -2.18. The van der Waals surface area contributed by atoms with Crippen LogP contribution in [-0.4, -0.2) is 22.1 Å². The molecule has 2 aromatic heterocycles. The molecule has 4 nitrogen and oxygen atoms in total. The molecule has 0 atom stereocenters. The monoisotopic (exact) mass is 263 g/mol. The molecule has 0 fully saturated rings. The molecule has 2 rings (SSSR count). The molecule has 18 heavy (non-hydrogen) atoms. The Balaban J connectivity index is 2.16. The number of aliphatic hydroxyl groups is 1. The van der Waals surface area contributed by atoms with Crippen molar-refractivity contribution in [1.29, 1.82) is 0 Å². The highest BCUT2D eigenvalue weighted by atomic mass is 35.5. The molecule has 0 radical (unpaired) electrons. The second-order valence-electron chi connectivity index (χ2n) is 3.97. The van der Waals surface area contributed by atoms with Gasteiger partial charge in [-0.05, 0) is 18.2 Å². The van der Waals surface area contributed by atoms with Crippen molar-refractivity contribution in [3.8, 4) is 0 Å². The average Bonchev–Trinajstić information content (AvgIpc) is 2.40. The maximum absolute atomic E-state index is 9.17. The van der Waals surface area contributed by atoms with Crippen molar-refractivity contribution in [2.75, 3.05) is 11.9 Å². The van der Waals surface area contributed by atoms with Gasteiger partial charge in [-0.2, -0.15) is 0 Å². The van der Waals surface area contributed by atoms with E-state index < -0.39 is 0 Å². The predicted molar refractivity (Wildman–Crippen MR) is 71.5 cm³/mol.